The van der Waals surface area contributed by atoms with Crippen molar-refractivity contribution in [1.29, 1.82) is 0 Å². The maximum Gasteiger partial charge on any atom is 0.116 e. The summed E-state index contributed by atoms with van der Waals surface area (Å²) in [7, 11) is 0. The molecule has 0 saturated heterocycles. The van der Waals surface area contributed by atoms with Gasteiger partial charge in [-0.15, -0.1) is 5.10 Å². The van der Waals surface area contributed by atoms with Crippen molar-refractivity contribution in [3.8, 4) is 0 Å². The Morgan fingerprint density at radius 1 is 1.00 bits per heavy atom. The Kier molecular flexibility index (Phi) is 6.67. The molecule has 1 aromatic carbocycles. The highest BCUT2D eigenvalue weighted by Crippen LogP contribution is 2.21. The van der Waals surface area contributed by atoms with Gasteiger partial charge in [0, 0.05) is 0 Å². The van der Waals surface area contributed by atoms with E-state index in [1.807, 2.05) is 0 Å². The van der Waals surface area contributed by atoms with Crippen molar-refractivity contribution in [1.82, 2.24) is 15.4 Å². The SMILES string of the molecule is CCCCCCCCCc1ccc2[nH]nnc2c1CCN. The maximum atomic E-state index is 5.75. The number of nitrogens with zero attached hydrogens (tertiary/aromatic N) is 2. The van der Waals surface area contributed by atoms with Crippen LogP contribution in [0.2, 0.25) is 0 Å². The third-order valence-corrected chi connectivity index (χ3v) is 4.14. The van der Waals surface area contributed by atoms with Gasteiger partial charge in [0.25, 0.3) is 0 Å². The van der Waals surface area contributed by atoms with Crippen molar-refractivity contribution in [2.24, 2.45) is 5.73 Å². The van der Waals surface area contributed by atoms with E-state index in [2.05, 4.69) is 34.5 Å². The van der Waals surface area contributed by atoms with Crippen molar-refractivity contribution in [2.75, 3.05) is 6.54 Å². The van der Waals surface area contributed by atoms with E-state index in [-0.39, 0.29) is 0 Å². The molecular formula is C17H28N4. The molecule has 0 spiro atoms. The van der Waals surface area contributed by atoms with Crippen molar-refractivity contribution in [3.63, 3.8) is 0 Å². The first-order valence-electron chi connectivity index (χ1n) is 8.38. The zero-order valence-corrected chi connectivity index (χ0v) is 13.2. The summed E-state index contributed by atoms with van der Waals surface area (Å²) in [6.45, 7) is 2.93. The van der Waals surface area contributed by atoms with Crippen LogP contribution in [0, 0.1) is 0 Å². The Morgan fingerprint density at radius 3 is 2.52 bits per heavy atom. The van der Waals surface area contributed by atoms with Crippen LogP contribution in [0.1, 0.15) is 63.0 Å². The lowest BCUT2D eigenvalue weighted by Crippen LogP contribution is -2.06. The van der Waals surface area contributed by atoms with Crippen LogP contribution in [0.15, 0.2) is 12.1 Å². The van der Waals surface area contributed by atoms with Crippen LogP contribution >= 0.6 is 0 Å². The van der Waals surface area contributed by atoms with Crippen molar-refractivity contribution < 1.29 is 0 Å². The lowest BCUT2D eigenvalue weighted by Gasteiger charge is -2.09. The molecule has 1 aromatic heterocycles. The third kappa shape index (κ3) is 4.53. The topological polar surface area (TPSA) is 67.6 Å². The van der Waals surface area contributed by atoms with Gasteiger partial charge >= 0.3 is 0 Å². The predicted molar refractivity (Wildman–Crippen MR) is 88.3 cm³/mol. The summed E-state index contributed by atoms with van der Waals surface area (Å²) in [6.07, 6.45) is 11.4. The minimum absolute atomic E-state index is 0.663. The Hall–Kier alpha value is -1.42. The van der Waals surface area contributed by atoms with Crippen LogP contribution in [-0.4, -0.2) is 22.0 Å². The second kappa shape index (κ2) is 8.78. The van der Waals surface area contributed by atoms with Gasteiger partial charge in [0.2, 0.25) is 0 Å². The molecule has 0 bridgehead atoms. The van der Waals surface area contributed by atoms with Gasteiger partial charge in [-0.3, -0.25) is 5.10 Å². The van der Waals surface area contributed by atoms with E-state index in [1.54, 1.807) is 0 Å². The average Bonchev–Trinajstić information content (AvgIpc) is 2.97. The number of aromatic amines is 1. The molecule has 2 rings (SSSR count). The smallest absolute Gasteiger partial charge is 0.116 e. The van der Waals surface area contributed by atoms with E-state index >= 15 is 0 Å². The summed E-state index contributed by atoms with van der Waals surface area (Å²) in [5, 5.41) is 11.1. The van der Waals surface area contributed by atoms with Crippen molar-refractivity contribution >= 4 is 11.0 Å². The molecule has 0 aliphatic heterocycles. The molecule has 2 aromatic rings. The van der Waals surface area contributed by atoms with Crippen molar-refractivity contribution in [3.05, 3.63) is 23.3 Å². The van der Waals surface area contributed by atoms with Crippen LogP contribution in [0.3, 0.4) is 0 Å². The number of H-pyrrole nitrogens is 1. The normalized spacial score (nSPS) is 11.3. The summed E-state index contributed by atoms with van der Waals surface area (Å²) in [5.74, 6) is 0. The molecule has 4 heteroatoms. The van der Waals surface area contributed by atoms with E-state index in [0.717, 1.165) is 23.9 Å². The first kappa shape index (κ1) is 16.0. The Morgan fingerprint density at radius 2 is 1.76 bits per heavy atom. The number of aryl methyl sites for hydroxylation is 1. The minimum atomic E-state index is 0.663. The standard InChI is InChI=1S/C17H28N4/c1-2-3-4-5-6-7-8-9-14-10-11-16-17(20-21-19-16)15(14)12-13-18/h10-11H,2-9,12-13,18H2,1H3,(H,19,20,21). The average molecular weight is 288 g/mol. The number of aromatic nitrogens is 3. The van der Waals surface area contributed by atoms with Crippen molar-refractivity contribution in [2.45, 2.75) is 64.7 Å². The molecule has 0 atom stereocenters. The molecule has 0 unspecified atom stereocenters. The highest BCUT2D eigenvalue weighted by molar-refractivity contribution is 5.78. The molecule has 21 heavy (non-hydrogen) atoms. The predicted octanol–water partition coefficient (Wildman–Crippen LogP) is 3.75. The lowest BCUT2D eigenvalue weighted by atomic mass is 9.97. The van der Waals surface area contributed by atoms with Crippen LogP contribution in [-0.2, 0) is 12.8 Å². The second-order valence-electron chi connectivity index (χ2n) is 5.82. The van der Waals surface area contributed by atoms with Gasteiger partial charge in [-0.1, -0.05) is 56.7 Å². The summed E-state index contributed by atoms with van der Waals surface area (Å²) in [5.41, 5.74) is 10.5. The molecule has 4 nitrogen and oxygen atoms in total. The van der Waals surface area contributed by atoms with Gasteiger partial charge in [-0.2, -0.15) is 0 Å². The molecule has 0 aliphatic rings. The summed E-state index contributed by atoms with van der Waals surface area (Å²) in [4.78, 5) is 0. The fourth-order valence-electron chi connectivity index (χ4n) is 2.94. The molecule has 0 saturated carbocycles. The highest BCUT2D eigenvalue weighted by atomic mass is 15.3. The summed E-state index contributed by atoms with van der Waals surface area (Å²) in [6, 6.07) is 4.30. The first-order valence-corrected chi connectivity index (χ1v) is 8.38. The monoisotopic (exact) mass is 288 g/mol. The fraction of sp³-hybridized carbons (Fsp3) is 0.647. The number of benzene rings is 1. The van der Waals surface area contributed by atoms with E-state index in [0.29, 0.717) is 6.54 Å². The summed E-state index contributed by atoms with van der Waals surface area (Å²) >= 11 is 0. The highest BCUT2D eigenvalue weighted by Gasteiger charge is 2.09. The van der Waals surface area contributed by atoms with Crippen LogP contribution in [0.5, 0.6) is 0 Å². The quantitative estimate of drug-likeness (QED) is 0.654. The molecule has 116 valence electrons. The summed E-state index contributed by atoms with van der Waals surface area (Å²) < 4.78 is 0. The lowest BCUT2D eigenvalue weighted by molar-refractivity contribution is 0.588. The van der Waals surface area contributed by atoms with Gasteiger partial charge < -0.3 is 5.73 Å². The number of hydrogen-bond donors (Lipinski definition) is 2. The van der Waals surface area contributed by atoms with E-state index < -0.39 is 0 Å². The second-order valence-corrected chi connectivity index (χ2v) is 5.82. The molecule has 3 N–H and O–H groups in total. The van der Waals surface area contributed by atoms with E-state index in [1.165, 1.54) is 56.1 Å². The minimum Gasteiger partial charge on any atom is -0.330 e. The molecule has 0 radical (unpaired) electrons. The Labute approximate surface area is 127 Å². The first-order chi connectivity index (χ1) is 10.4. The maximum absolute atomic E-state index is 5.75. The Bertz CT molecular complexity index is 533. The number of unbranched alkanes of at least 4 members (excludes halogenated alkanes) is 6. The van der Waals surface area contributed by atoms with Crippen LogP contribution < -0.4 is 5.73 Å². The van der Waals surface area contributed by atoms with Gasteiger partial charge in [0.05, 0.1) is 5.52 Å². The third-order valence-electron chi connectivity index (χ3n) is 4.14. The van der Waals surface area contributed by atoms with Crippen LogP contribution in [0.25, 0.3) is 11.0 Å². The molecule has 0 aliphatic carbocycles. The van der Waals surface area contributed by atoms with Gasteiger partial charge in [0.15, 0.2) is 0 Å². The number of hydrogen-bond acceptors (Lipinski definition) is 3. The molecule has 0 amide bonds. The zero-order valence-electron chi connectivity index (χ0n) is 13.2. The number of rotatable bonds is 10. The molecular weight excluding hydrogens is 260 g/mol. The van der Waals surface area contributed by atoms with Gasteiger partial charge in [-0.25, -0.2) is 0 Å². The Balaban J connectivity index is 1.87. The largest absolute Gasteiger partial charge is 0.330 e. The van der Waals surface area contributed by atoms with Crippen LogP contribution in [0.4, 0.5) is 0 Å². The molecule has 1 heterocycles. The zero-order chi connectivity index (χ0) is 14.9. The molecule has 0 fully saturated rings. The van der Waals surface area contributed by atoms with E-state index in [4.69, 9.17) is 5.73 Å². The fourth-order valence-corrected chi connectivity index (χ4v) is 2.94. The number of fused-ring (bicyclic) bond motifs is 1. The number of nitrogens with two attached hydrogens (primary N) is 1. The van der Waals surface area contributed by atoms with Gasteiger partial charge in [0.1, 0.15) is 5.52 Å². The number of nitrogens with one attached hydrogen (secondary N) is 1. The van der Waals surface area contributed by atoms with E-state index in [9.17, 15) is 0 Å². The van der Waals surface area contributed by atoms with Gasteiger partial charge in [-0.05, 0) is 43.0 Å².